The molecule has 0 fully saturated rings. The van der Waals surface area contributed by atoms with E-state index in [0.29, 0.717) is 0 Å². The van der Waals surface area contributed by atoms with Crippen LogP contribution in [0.25, 0.3) is 0 Å². The summed E-state index contributed by atoms with van der Waals surface area (Å²) in [5.41, 5.74) is 0. The van der Waals surface area contributed by atoms with E-state index in [2.05, 4.69) is 25.8 Å². The zero-order valence-electron chi connectivity index (χ0n) is 6.95. The molecule has 0 amide bonds. The Morgan fingerprint density at radius 2 is 1.73 bits per heavy atom. The van der Waals surface area contributed by atoms with Crippen LogP contribution in [0.1, 0.15) is 12.8 Å². The van der Waals surface area contributed by atoms with Gasteiger partial charge in [0.2, 0.25) is 0 Å². The van der Waals surface area contributed by atoms with Crippen molar-refractivity contribution in [1.29, 1.82) is 0 Å². The molecular weight excluding hydrogens is 288 g/mol. The predicted octanol–water partition coefficient (Wildman–Crippen LogP) is -5.01. The summed E-state index contributed by atoms with van der Waals surface area (Å²) in [6, 6.07) is 0. The van der Waals surface area contributed by atoms with Crippen molar-refractivity contribution in [3.63, 3.8) is 0 Å². The van der Waals surface area contributed by atoms with Gasteiger partial charge in [-0.05, 0) is 13.6 Å². The smallest absolute Gasteiger partial charge is 1.00 e. The number of hydrogen-bond acceptors (Lipinski definition) is 1. The van der Waals surface area contributed by atoms with E-state index in [1.54, 1.807) is 0 Å². The van der Waals surface area contributed by atoms with E-state index >= 15 is 0 Å². The molecular formula is C7H15Cl2NSn. The normalized spacial score (nSPS) is 7.55. The van der Waals surface area contributed by atoms with Crippen LogP contribution in [-0.4, -0.2) is 48.9 Å². The van der Waals surface area contributed by atoms with Gasteiger partial charge < -0.3 is 36.6 Å². The van der Waals surface area contributed by atoms with Crippen LogP contribution in [-0.2, 0) is 0 Å². The summed E-state index contributed by atoms with van der Waals surface area (Å²) >= 11 is 0. The Hall–Kier alpha value is 1.21. The Kier molecular flexibility index (Phi) is 35.9. The Bertz CT molecular complexity index is 49.7. The SMILES string of the molecule is [CH2+]CCN(C)CC[CH2-].[Cl-].[Cl-].[Sn+2]. The minimum Gasteiger partial charge on any atom is -1.00 e. The first-order valence-electron chi connectivity index (χ1n) is 3.08. The first-order chi connectivity index (χ1) is 3.81. The predicted molar refractivity (Wildman–Crippen MR) is 43.2 cm³/mol. The fourth-order valence-electron chi connectivity index (χ4n) is 0.652. The maximum atomic E-state index is 3.75. The number of rotatable bonds is 4. The maximum absolute atomic E-state index is 3.75. The van der Waals surface area contributed by atoms with E-state index in [1.165, 1.54) is 0 Å². The van der Waals surface area contributed by atoms with Crippen molar-refractivity contribution >= 4 is 23.9 Å². The van der Waals surface area contributed by atoms with Gasteiger partial charge in [0.05, 0.1) is 13.3 Å². The van der Waals surface area contributed by atoms with Crippen molar-refractivity contribution in [3.8, 4) is 0 Å². The summed E-state index contributed by atoms with van der Waals surface area (Å²) in [7, 11) is 2.09. The van der Waals surface area contributed by atoms with Crippen LogP contribution in [0, 0.1) is 13.8 Å². The van der Waals surface area contributed by atoms with Gasteiger partial charge in [-0.3, -0.25) is 0 Å². The van der Waals surface area contributed by atoms with Crippen molar-refractivity contribution in [3.05, 3.63) is 13.8 Å². The summed E-state index contributed by atoms with van der Waals surface area (Å²) in [6.45, 7) is 9.68. The molecule has 0 aromatic heterocycles. The third-order valence-electron chi connectivity index (χ3n) is 1.08. The zero-order chi connectivity index (χ0) is 6.41. The van der Waals surface area contributed by atoms with Gasteiger partial charge >= 0.3 is 23.9 Å². The molecule has 4 heteroatoms. The second-order valence-electron chi connectivity index (χ2n) is 2.01. The second kappa shape index (κ2) is 17.3. The van der Waals surface area contributed by atoms with Gasteiger partial charge in [0, 0.05) is 6.54 Å². The Balaban J connectivity index is -0.0000000817. The summed E-state index contributed by atoms with van der Waals surface area (Å²) in [6.07, 6.45) is 1.99. The molecule has 0 aliphatic carbocycles. The van der Waals surface area contributed by atoms with Crippen molar-refractivity contribution in [2.45, 2.75) is 12.8 Å². The van der Waals surface area contributed by atoms with Gasteiger partial charge in [-0.25, -0.2) is 0 Å². The molecule has 66 valence electrons. The zero-order valence-corrected chi connectivity index (χ0v) is 11.3. The molecule has 0 saturated carbocycles. The standard InChI is InChI=1S/C7H15N.2ClH.Sn/c1-4-6-8(3)7-5-2;;;/h1-2,4-7H2,3H3;2*1H;/q;;;+2/p-2. The number of nitrogens with zero attached hydrogens (tertiary/aromatic N) is 1. The minimum atomic E-state index is 0. The molecule has 0 heterocycles. The molecule has 0 rings (SSSR count). The monoisotopic (exact) mass is 303 g/mol. The number of hydrogen-bond donors (Lipinski definition) is 0. The molecule has 0 aliphatic heterocycles. The average Bonchev–Trinajstić information content (AvgIpc) is 1.68. The summed E-state index contributed by atoms with van der Waals surface area (Å²) < 4.78 is 0. The molecule has 0 aliphatic rings. The van der Waals surface area contributed by atoms with Gasteiger partial charge in [-0.1, -0.05) is 0 Å². The van der Waals surface area contributed by atoms with Gasteiger partial charge in [0.1, 0.15) is 0 Å². The van der Waals surface area contributed by atoms with Crippen molar-refractivity contribution < 1.29 is 24.8 Å². The summed E-state index contributed by atoms with van der Waals surface area (Å²) in [4.78, 5) is 2.24. The molecule has 11 heavy (non-hydrogen) atoms. The van der Waals surface area contributed by atoms with E-state index < -0.39 is 0 Å². The van der Waals surface area contributed by atoms with Gasteiger partial charge in [-0.2, -0.15) is 6.42 Å². The maximum Gasteiger partial charge on any atom is 2.00 e. The van der Waals surface area contributed by atoms with Crippen molar-refractivity contribution in [1.82, 2.24) is 4.90 Å². The topological polar surface area (TPSA) is 3.24 Å². The van der Waals surface area contributed by atoms with Crippen molar-refractivity contribution in [2.75, 3.05) is 20.1 Å². The van der Waals surface area contributed by atoms with E-state index in [-0.39, 0.29) is 48.7 Å². The largest absolute Gasteiger partial charge is 2.00 e. The third kappa shape index (κ3) is 18.3. The summed E-state index contributed by atoms with van der Waals surface area (Å²) in [5, 5.41) is 0. The molecule has 1 nitrogen and oxygen atoms in total. The van der Waals surface area contributed by atoms with Crippen LogP contribution in [0.5, 0.6) is 0 Å². The Labute approximate surface area is 100 Å². The molecule has 0 bridgehead atoms. The quantitative estimate of drug-likeness (QED) is 0.371. The minimum absolute atomic E-state index is 0. The van der Waals surface area contributed by atoms with Crippen LogP contribution in [0.4, 0.5) is 0 Å². The molecule has 0 aromatic carbocycles. The molecule has 0 spiro atoms. The van der Waals surface area contributed by atoms with Gasteiger partial charge in [0.15, 0.2) is 0 Å². The molecule has 2 radical (unpaired) electrons. The molecule has 0 N–H and O–H groups in total. The van der Waals surface area contributed by atoms with E-state index in [9.17, 15) is 0 Å². The first kappa shape index (κ1) is 22.8. The van der Waals surface area contributed by atoms with E-state index in [0.717, 1.165) is 25.9 Å². The van der Waals surface area contributed by atoms with Gasteiger partial charge in [-0.15, -0.1) is 0 Å². The van der Waals surface area contributed by atoms with Gasteiger partial charge in [0.25, 0.3) is 0 Å². The Morgan fingerprint density at radius 1 is 1.27 bits per heavy atom. The van der Waals surface area contributed by atoms with Crippen LogP contribution < -0.4 is 24.8 Å². The fraction of sp³-hybridized carbons (Fsp3) is 0.714. The van der Waals surface area contributed by atoms with Crippen LogP contribution in [0.2, 0.25) is 0 Å². The fourth-order valence-corrected chi connectivity index (χ4v) is 0.652. The molecule has 0 saturated heterocycles. The van der Waals surface area contributed by atoms with Crippen LogP contribution >= 0.6 is 0 Å². The molecule has 0 aromatic rings. The summed E-state index contributed by atoms with van der Waals surface area (Å²) in [5.74, 6) is 0. The Morgan fingerprint density at radius 3 is 2.00 bits per heavy atom. The first-order valence-corrected chi connectivity index (χ1v) is 3.08. The van der Waals surface area contributed by atoms with E-state index in [4.69, 9.17) is 0 Å². The second-order valence-corrected chi connectivity index (χ2v) is 2.01. The average molecular weight is 303 g/mol. The van der Waals surface area contributed by atoms with E-state index in [1.807, 2.05) is 0 Å². The van der Waals surface area contributed by atoms with Crippen molar-refractivity contribution in [2.24, 2.45) is 0 Å². The molecule has 0 atom stereocenters. The third-order valence-corrected chi connectivity index (χ3v) is 1.08. The number of halogens is 2. The van der Waals surface area contributed by atoms with Crippen LogP contribution in [0.15, 0.2) is 0 Å². The van der Waals surface area contributed by atoms with Crippen LogP contribution in [0.3, 0.4) is 0 Å². The molecule has 0 unspecified atom stereocenters.